The smallest absolute Gasteiger partial charge is 0.222 e. The molecule has 3 nitrogen and oxygen atoms in total. The maximum absolute atomic E-state index is 12.1. The summed E-state index contributed by atoms with van der Waals surface area (Å²) in [6, 6.07) is 8.85. The number of rotatable bonds is 3. The van der Waals surface area contributed by atoms with Gasteiger partial charge in [-0.15, -0.1) is 0 Å². The van der Waals surface area contributed by atoms with Crippen LogP contribution in [0, 0.1) is 6.92 Å². The molecule has 0 unspecified atom stereocenters. The Bertz CT molecular complexity index is 399. The second-order valence-corrected chi connectivity index (χ2v) is 5.18. The number of nitrogens with one attached hydrogen (secondary N) is 1. The minimum Gasteiger partial charge on any atom is -0.340 e. The first-order chi connectivity index (χ1) is 8.65. The average Bonchev–Trinajstić information content (AvgIpc) is 2.38. The molecular formula is C15H22N2O. The Morgan fingerprint density at radius 3 is 2.78 bits per heavy atom. The molecule has 1 amide bonds. The standard InChI is InChI=1S/C15H22N2O/c1-12-3-5-14(6-4-12)7-8-15(18)17-10-9-16-13(2)11-17/h3-6,13,16H,7-11H2,1-2H3/t13-/m0/s1. The maximum atomic E-state index is 12.1. The van der Waals surface area contributed by atoms with Gasteiger partial charge in [-0.25, -0.2) is 0 Å². The number of nitrogens with zero attached hydrogens (tertiary/aromatic N) is 1. The second-order valence-electron chi connectivity index (χ2n) is 5.18. The molecule has 1 aromatic carbocycles. The Hall–Kier alpha value is -1.35. The van der Waals surface area contributed by atoms with E-state index in [4.69, 9.17) is 0 Å². The van der Waals surface area contributed by atoms with Gasteiger partial charge in [0.15, 0.2) is 0 Å². The molecule has 3 heteroatoms. The lowest BCUT2D eigenvalue weighted by molar-refractivity contribution is -0.132. The summed E-state index contributed by atoms with van der Waals surface area (Å²) < 4.78 is 0. The van der Waals surface area contributed by atoms with Gasteiger partial charge in [0.05, 0.1) is 0 Å². The van der Waals surface area contributed by atoms with Crippen molar-refractivity contribution in [2.75, 3.05) is 19.6 Å². The fourth-order valence-electron chi connectivity index (χ4n) is 2.32. The topological polar surface area (TPSA) is 32.3 Å². The largest absolute Gasteiger partial charge is 0.340 e. The van der Waals surface area contributed by atoms with Crippen LogP contribution >= 0.6 is 0 Å². The van der Waals surface area contributed by atoms with Crippen LogP contribution in [0.2, 0.25) is 0 Å². The minimum atomic E-state index is 0.281. The van der Waals surface area contributed by atoms with Crippen molar-refractivity contribution < 1.29 is 4.79 Å². The fourth-order valence-corrected chi connectivity index (χ4v) is 2.32. The lowest BCUT2D eigenvalue weighted by Gasteiger charge is -2.32. The summed E-state index contributed by atoms with van der Waals surface area (Å²) in [5.41, 5.74) is 2.51. The van der Waals surface area contributed by atoms with Gasteiger partial charge < -0.3 is 10.2 Å². The normalized spacial score (nSPS) is 19.9. The predicted molar refractivity (Wildman–Crippen MR) is 73.5 cm³/mol. The molecule has 0 aromatic heterocycles. The lowest BCUT2D eigenvalue weighted by atomic mass is 10.1. The van der Waals surface area contributed by atoms with Gasteiger partial charge in [-0.05, 0) is 25.8 Å². The summed E-state index contributed by atoms with van der Waals surface area (Å²) in [7, 11) is 0. The van der Waals surface area contributed by atoms with E-state index in [0.717, 1.165) is 26.1 Å². The van der Waals surface area contributed by atoms with Gasteiger partial charge in [0.25, 0.3) is 0 Å². The Kier molecular flexibility index (Phi) is 4.37. The van der Waals surface area contributed by atoms with Crippen molar-refractivity contribution in [2.24, 2.45) is 0 Å². The Morgan fingerprint density at radius 2 is 2.11 bits per heavy atom. The van der Waals surface area contributed by atoms with Gasteiger partial charge in [0.1, 0.15) is 0 Å². The number of benzene rings is 1. The van der Waals surface area contributed by atoms with E-state index in [1.807, 2.05) is 4.90 Å². The predicted octanol–water partition coefficient (Wildman–Crippen LogP) is 1.75. The summed E-state index contributed by atoms with van der Waals surface area (Å²) >= 11 is 0. The zero-order valence-corrected chi connectivity index (χ0v) is 11.3. The Balaban J connectivity index is 1.82. The lowest BCUT2D eigenvalue weighted by Crippen LogP contribution is -2.51. The van der Waals surface area contributed by atoms with E-state index in [-0.39, 0.29) is 5.91 Å². The highest BCUT2D eigenvalue weighted by molar-refractivity contribution is 5.76. The van der Waals surface area contributed by atoms with Crippen molar-refractivity contribution in [3.05, 3.63) is 35.4 Å². The van der Waals surface area contributed by atoms with Gasteiger partial charge in [0, 0.05) is 32.1 Å². The number of carbonyl (C=O) groups is 1. The summed E-state index contributed by atoms with van der Waals surface area (Å²) in [4.78, 5) is 14.1. The summed E-state index contributed by atoms with van der Waals surface area (Å²) in [6.45, 7) is 6.80. The van der Waals surface area contributed by atoms with Crippen LogP contribution in [0.3, 0.4) is 0 Å². The van der Waals surface area contributed by atoms with Crippen LogP contribution in [0.5, 0.6) is 0 Å². The van der Waals surface area contributed by atoms with Gasteiger partial charge in [-0.3, -0.25) is 4.79 Å². The zero-order valence-electron chi connectivity index (χ0n) is 11.3. The van der Waals surface area contributed by atoms with Crippen LogP contribution in [0.1, 0.15) is 24.5 Å². The quantitative estimate of drug-likeness (QED) is 0.881. The number of aryl methyl sites for hydroxylation is 2. The number of piperazine rings is 1. The van der Waals surface area contributed by atoms with E-state index < -0.39 is 0 Å². The van der Waals surface area contributed by atoms with Crippen molar-refractivity contribution in [1.82, 2.24) is 10.2 Å². The van der Waals surface area contributed by atoms with Crippen molar-refractivity contribution in [3.8, 4) is 0 Å². The van der Waals surface area contributed by atoms with Crippen LogP contribution in [0.15, 0.2) is 24.3 Å². The number of carbonyl (C=O) groups excluding carboxylic acids is 1. The van der Waals surface area contributed by atoms with Crippen molar-refractivity contribution in [1.29, 1.82) is 0 Å². The molecule has 1 aromatic rings. The van der Waals surface area contributed by atoms with Crippen molar-refractivity contribution in [2.45, 2.75) is 32.7 Å². The van der Waals surface area contributed by atoms with E-state index in [9.17, 15) is 4.79 Å². The third-order valence-corrected chi connectivity index (χ3v) is 3.47. The molecule has 1 fully saturated rings. The third kappa shape index (κ3) is 3.57. The van der Waals surface area contributed by atoms with Crippen LogP contribution in [-0.4, -0.2) is 36.5 Å². The fraction of sp³-hybridized carbons (Fsp3) is 0.533. The Morgan fingerprint density at radius 1 is 1.39 bits per heavy atom. The molecule has 0 radical (unpaired) electrons. The van der Waals surface area contributed by atoms with E-state index in [1.165, 1.54) is 11.1 Å². The van der Waals surface area contributed by atoms with Crippen LogP contribution in [-0.2, 0) is 11.2 Å². The number of hydrogen-bond acceptors (Lipinski definition) is 2. The SMILES string of the molecule is Cc1ccc(CCC(=O)N2CCN[C@@H](C)C2)cc1. The monoisotopic (exact) mass is 246 g/mol. The second kappa shape index (κ2) is 6.01. The van der Waals surface area contributed by atoms with E-state index in [0.29, 0.717) is 12.5 Å². The van der Waals surface area contributed by atoms with Crippen LogP contribution in [0.25, 0.3) is 0 Å². The highest BCUT2D eigenvalue weighted by atomic mass is 16.2. The van der Waals surface area contributed by atoms with Gasteiger partial charge in [-0.1, -0.05) is 29.8 Å². The van der Waals surface area contributed by atoms with Crippen molar-refractivity contribution in [3.63, 3.8) is 0 Å². The molecule has 1 aliphatic heterocycles. The van der Waals surface area contributed by atoms with Crippen molar-refractivity contribution >= 4 is 5.91 Å². The highest BCUT2D eigenvalue weighted by Crippen LogP contribution is 2.08. The maximum Gasteiger partial charge on any atom is 0.222 e. The molecule has 0 aliphatic carbocycles. The third-order valence-electron chi connectivity index (χ3n) is 3.47. The molecule has 1 heterocycles. The first kappa shape index (κ1) is 13.1. The van der Waals surface area contributed by atoms with Crippen LogP contribution < -0.4 is 5.32 Å². The van der Waals surface area contributed by atoms with E-state index >= 15 is 0 Å². The molecule has 2 rings (SSSR count). The van der Waals surface area contributed by atoms with Gasteiger partial charge in [0.2, 0.25) is 5.91 Å². The molecule has 1 N–H and O–H groups in total. The summed E-state index contributed by atoms with van der Waals surface area (Å²) in [5.74, 6) is 0.281. The van der Waals surface area contributed by atoms with E-state index in [2.05, 4.69) is 43.4 Å². The first-order valence-corrected chi connectivity index (χ1v) is 6.72. The molecule has 1 aliphatic rings. The molecular weight excluding hydrogens is 224 g/mol. The van der Waals surface area contributed by atoms with Gasteiger partial charge >= 0.3 is 0 Å². The molecule has 1 atom stereocenters. The molecule has 0 saturated carbocycles. The number of amides is 1. The highest BCUT2D eigenvalue weighted by Gasteiger charge is 2.19. The summed E-state index contributed by atoms with van der Waals surface area (Å²) in [6.07, 6.45) is 1.47. The van der Waals surface area contributed by atoms with E-state index in [1.54, 1.807) is 0 Å². The zero-order chi connectivity index (χ0) is 13.0. The molecule has 18 heavy (non-hydrogen) atoms. The molecule has 0 spiro atoms. The van der Waals surface area contributed by atoms with Crippen LogP contribution in [0.4, 0.5) is 0 Å². The molecule has 1 saturated heterocycles. The van der Waals surface area contributed by atoms with Gasteiger partial charge in [-0.2, -0.15) is 0 Å². The number of hydrogen-bond donors (Lipinski definition) is 1. The average molecular weight is 246 g/mol. The Labute approximate surface area is 109 Å². The molecule has 0 bridgehead atoms. The summed E-state index contributed by atoms with van der Waals surface area (Å²) in [5, 5.41) is 3.35. The first-order valence-electron chi connectivity index (χ1n) is 6.72. The minimum absolute atomic E-state index is 0.281. The molecule has 98 valence electrons.